The summed E-state index contributed by atoms with van der Waals surface area (Å²) in [5.41, 5.74) is 0.440. The minimum absolute atomic E-state index is 0.0687. The van der Waals surface area contributed by atoms with Crippen molar-refractivity contribution in [2.45, 2.75) is 18.9 Å². The average Bonchev–Trinajstić information content (AvgIpc) is 2.55. The fourth-order valence-electron chi connectivity index (χ4n) is 2.93. The molecule has 1 saturated heterocycles. The van der Waals surface area contributed by atoms with Crippen LogP contribution in [0.5, 0.6) is 0 Å². The molecule has 1 aliphatic rings. The number of nitrogens with zero attached hydrogens (tertiary/aromatic N) is 1. The first-order valence-corrected chi connectivity index (χ1v) is 9.57. The number of amides is 1. The molecule has 1 amide bonds. The Hall–Kier alpha value is -2.19. The van der Waals surface area contributed by atoms with Crippen LogP contribution >= 0.6 is 0 Å². The molecule has 8 heteroatoms. The lowest BCUT2D eigenvalue weighted by Crippen LogP contribution is -2.46. The van der Waals surface area contributed by atoms with Gasteiger partial charge in [0.1, 0.15) is 5.56 Å². The molecule has 1 fully saturated rings. The first-order valence-electron chi connectivity index (χ1n) is 7.72. The number of carbonyl (C=O) groups is 1. The number of pyridine rings is 1. The molecule has 1 aromatic carbocycles. The van der Waals surface area contributed by atoms with Crippen molar-refractivity contribution >= 4 is 26.8 Å². The van der Waals surface area contributed by atoms with E-state index in [1.165, 1.54) is 16.8 Å². The van der Waals surface area contributed by atoms with Crippen LogP contribution < -0.4 is 10.7 Å². The Balaban J connectivity index is 1.73. The molecule has 2 aromatic rings. The quantitative estimate of drug-likeness (QED) is 0.851. The van der Waals surface area contributed by atoms with Crippen molar-refractivity contribution < 1.29 is 13.2 Å². The third kappa shape index (κ3) is 3.34. The van der Waals surface area contributed by atoms with Crippen molar-refractivity contribution in [1.29, 1.82) is 0 Å². The van der Waals surface area contributed by atoms with E-state index in [2.05, 4.69) is 10.3 Å². The number of H-pyrrole nitrogens is 1. The van der Waals surface area contributed by atoms with Crippen LogP contribution in [0.1, 0.15) is 23.2 Å². The number of piperidine rings is 1. The van der Waals surface area contributed by atoms with Crippen molar-refractivity contribution in [3.8, 4) is 0 Å². The molecule has 0 atom stereocenters. The van der Waals surface area contributed by atoms with Crippen molar-refractivity contribution in [2.75, 3.05) is 19.3 Å². The molecule has 0 radical (unpaired) electrons. The second-order valence-corrected chi connectivity index (χ2v) is 7.97. The molecule has 1 aromatic heterocycles. The number of nitrogens with one attached hydrogen (secondary N) is 2. The molecule has 3 rings (SSSR count). The summed E-state index contributed by atoms with van der Waals surface area (Å²) < 4.78 is 24.4. The SMILES string of the molecule is CS(=O)(=O)N1CCC(NC(=O)c2c[nH]c3ccccc3c2=O)CC1. The fourth-order valence-corrected chi connectivity index (χ4v) is 3.81. The summed E-state index contributed by atoms with van der Waals surface area (Å²) in [6.07, 6.45) is 3.67. The number of hydrogen-bond acceptors (Lipinski definition) is 4. The number of rotatable bonds is 3. The van der Waals surface area contributed by atoms with Gasteiger partial charge in [-0.15, -0.1) is 0 Å². The first kappa shape index (κ1) is 16.7. The maximum absolute atomic E-state index is 12.4. The molecule has 128 valence electrons. The summed E-state index contributed by atoms with van der Waals surface area (Å²) in [6.45, 7) is 0.746. The average molecular weight is 349 g/mol. The highest BCUT2D eigenvalue weighted by Crippen LogP contribution is 2.14. The number of aromatic nitrogens is 1. The van der Waals surface area contributed by atoms with E-state index in [-0.39, 0.29) is 17.0 Å². The van der Waals surface area contributed by atoms with Gasteiger partial charge in [0, 0.05) is 36.2 Å². The normalized spacial score (nSPS) is 17.0. The number of fused-ring (bicyclic) bond motifs is 1. The summed E-state index contributed by atoms with van der Waals surface area (Å²) in [5, 5.41) is 3.30. The van der Waals surface area contributed by atoms with E-state index < -0.39 is 15.9 Å². The number of hydrogen-bond donors (Lipinski definition) is 2. The zero-order valence-corrected chi connectivity index (χ0v) is 14.1. The van der Waals surface area contributed by atoms with Crippen molar-refractivity contribution in [2.24, 2.45) is 0 Å². The molecule has 0 unspecified atom stereocenters. The van der Waals surface area contributed by atoms with E-state index >= 15 is 0 Å². The van der Waals surface area contributed by atoms with E-state index in [1.54, 1.807) is 18.2 Å². The zero-order valence-electron chi connectivity index (χ0n) is 13.3. The van der Waals surface area contributed by atoms with Crippen LogP contribution in [0.25, 0.3) is 10.9 Å². The number of sulfonamides is 1. The Labute approximate surface area is 139 Å². The van der Waals surface area contributed by atoms with E-state index in [9.17, 15) is 18.0 Å². The molecule has 2 heterocycles. The maximum Gasteiger partial charge on any atom is 0.256 e. The molecule has 0 aliphatic carbocycles. The largest absolute Gasteiger partial charge is 0.360 e. The predicted molar refractivity (Wildman–Crippen MR) is 91.5 cm³/mol. The molecule has 7 nitrogen and oxygen atoms in total. The van der Waals surface area contributed by atoms with Crippen LogP contribution in [0, 0.1) is 0 Å². The van der Waals surface area contributed by atoms with Gasteiger partial charge in [-0.1, -0.05) is 12.1 Å². The minimum Gasteiger partial charge on any atom is -0.360 e. The Morgan fingerprint density at radius 2 is 1.92 bits per heavy atom. The molecule has 2 N–H and O–H groups in total. The maximum atomic E-state index is 12.4. The standard InChI is InChI=1S/C16H19N3O4S/c1-24(22,23)19-8-6-11(7-9-19)18-16(21)13-10-17-14-5-3-2-4-12(14)15(13)20/h2-5,10-11H,6-9H2,1H3,(H,17,20)(H,18,21). The molecule has 0 saturated carbocycles. The zero-order chi connectivity index (χ0) is 17.3. The van der Waals surface area contributed by atoms with Crippen LogP contribution in [0.4, 0.5) is 0 Å². The van der Waals surface area contributed by atoms with E-state index in [4.69, 9.17) is 0 Å². The number of carbonyl (C=O) groups excluding carboxylic acids is 1. The van der Waals surface area contributed by atoms with Gasteiger partial charge in [-0.25, -0.2) is 12.7 Å². The monoisotopic (exact) mass is 349 g/mol. The van der Waals surface area contributed by atoms with Gasteiger partial charge in [-0.05, 0) is 25.0 Å². The first-order chi connectivity index (χ1) is 11.4. The van der Waals surface area contributed by atoms with E-state index in [0.29, 0.717) is 36.8 Å². The van der Waals surface area contributed by atoms with Crippen LogP contribution in [-0.4, -0.2) is 49.0 Å². The van der Waals surface area contributed by atoms with Crippen LogP contribution in [0.2, 0.25) is 0 Å². The number of benzene rings is 1. The van der Waals surface area contributed by atoms with Gasteiger partial charge in [0.05, 0.1) is 6.26 Å². The Bertz CT molecular complexity index is 928. The fraction of sp³-hybridized carbons (Fsp3) is 0.375. The number of aromatic amines is 1. The highest BCUT2D eigenvalue weighted by molar-refractivity contribution is 7.88. The van der Waals surface area contributed by atoms with E-state index in [0.717, 1.165) is 0 Å². The smallest absolute Gasteiger partial charge is 0.256 e. The lowest BCUT2D eigenvalue weighted by molar-refractivity contribution is 0.0922. The summed E-state index contributed by atoms with van der Waals surface area (Å²) in [6, 6.07) is 6.88. The Morgan fingerprint density at radius 3 is 2.58 bits per heavy atom. The molecule has 1 aliphatic heterocycles. The van der Waals surface area contributed by atoms with Gasteiger partial charge in [0.2, 0.25) is 15.5 Å². The van der Waals surface area contributed by atoms with Gasteiger partial charge in [-0.3, -0.25) is 9.59 Å². The Kier molecular flexibility index (Phi) is 4.42. The van der Waals surface area contributed by atoms with Crippen LogP contribution in [0.15, 0.2) is 35.3 Å². The van der Waals surface area contributed by atoms with Crippen molar-refractivity contribution in [3.05, 3.63) is 46.2 Å². The molecule has 0 bridgehead atoms. The van der Waals surface area contributed by atoms with E-state index in [1.807, 2.05) is 6.07 Å². The minimum atomic E-state index is -3.20. The lowest BCUT2D eigenvalue weighted by Gasteiger charge is -2.30. The highest BCUT2D eigenvalue weighted by atomic mass is 32.2. The Morgan fingerprint density at radius 1 is 1.25 bits per heavy atom. The molecule has 0 spiro atoms. The second-order valence-electron chi connectivity index (χ2n) is 5.99. The van der Waals surface area contributed by atoms with Crippen LogP contribution in [-0.2, 0) is 10.0 Å². The van der Waals surface area contributed by atoms with Crippen LogP contribution in [0.3, 0.4) is 0 Å². The third-order valence-corrected chi connectivity index (χ3v) is 5.59. The topological polar surface area (TPSA) is 99.3 Å². The van der Waals surface area contributed by atoms with Gasteiger partial charge < -0.3 is 10.3 Å². The van der Waals surface area contributed by atoms with Crippen molar-refractivity contribution in [1.82, 2.24) is 14.6 Å². The third-order valence-electron chi connectivity index (χ3n) is 4.29. The summed E-state index contributed by atoms with van der Waals surface area (Å²) >= 11 is 0. The highest BCUT2D eigenvalue weighted by Gasteiger charge is 2.26. The second kappa shape index (κ2) is 6.37. The van der Waals surface area contributed by atoms with Gasteiger partial charge in [-0.2, -0.15) is 0 Å². The van der Waals surface area contributed by atoms with Gasteiger partial charge in [0.25, 0.3) is 5.91 Å². The summed E-state index contributed by atoms with van der Waals surface area (Å²) in [4.78, 5) is 27.8. The summed E-state index contributed by atoms with van der Waals surface area (Å²) in [5.74, 6) is -0.431. The lowest BCUT2D eigenvalue weighted by atomic mass is 10.1. The van der Waals surface area contributed by atoms with Crippen molar-refractivity contribution in [3.63, 3.8) is 0 Å². The van der Waals surface area contributed by atoms with Gasteiger partial charge in [0.15, 0.2) is 0 Å². The number of para-hydroxylation sites is 1. The molecular weight excluding hydrogens is 330 g/mol. The summed E-state index contributed by atoms with van der Waals surface area (Å²) in [7, 11) is -3.20. The predicted octanol–water partition coefficient (Wildman–Crippen LogP) is 0.682. The molecule has 24 heavy (non-hydrogen) atoms. The van der Waals surface area contributed by atoms with Gasteiger partial charge >= 0.3 is 0 Å². The molecular formula is C16H19N3O4S.